The fraction of sp³-hybridized carbons (Fsp3) is 0.467. The number of halogens is 1. The Morgan fingerprint density at radius 2 is 1.75 bits per heavy atom. The van der Waals surface area contributed by atoms with Crippen LogP contribution in [-0.2, 0) is 16.0 Å². The summed E-state index contributed by atoms with van der Waals surface area (Å²) < 4.78 is 0. The van der Waals surface area contributed by atoms with E-state index in [1.54, 1.807) is 0 Å². The first-order valence-electron chi connectivity index (χ1n) is 6.81. The number of benzene rings is 1. The second-order valence-electron chi connectivity index (χ2n) is 4.68. The third kappa shape index (κ3) is 7.79. The van der Waals surface area contributed by atoms with Crippen LogP contribution >= 0.6 is 11.6 Å². The normalized spacial score (nSPS) is 10.2. The van der Waals surface area contributed by atoms with Gasteiger partial charge >= 0.3 is 5.97 Å². The van der Waals surface area contributed by atoms with Crippen molar-refractivity contribution in [2.24, 2.45) is 0 Å². The maximum absolute atomic E-state index is 11.5. The molecule has 1 amide bonds. The molecule has 110 valence electrons. The van der Waals surface area contributed by atoms with Gasteiger partial charge in [0, 0.05) is 24.4 Å². The van der Waals surface area contributed by atoms with Crippen LogP contribution in [0, 0.1) is 0 Å². The summed E-state index contributed by atoms with van der Waals surface area (Å²) in [4.78, 5) is 21.8. The summed E-state index contributed by atoms with van der Waals surface area (Å²) in [5, 5.41) is 12.0. The number of hydrogen-bond acceptors (Lipinski definition) is 2. The molecule has 20 heavy (non-hydrogen) atoms. The molecule has 0 saturated heterocycles. The molecule has 0 fully saturated rings. The summed E-state index contributed by atoms with van der Waals surface area (Å²) in [6.45, 7) is 0.549. The van der Waals surface area contributed by atoms with E-state index in [0.29, 0.717) is 30.8 Å². The van der Waals surface area contributed by atoms with Gasteiger partial charge in [0.25, 0.3) is 0 Å². The molecule has 0 aromatic heterocycles. The molecule has 5 heteroatoms. The average Bonchev–Trinajstić information content (AvgIpc) is 2.40. The first-order chi connectivity index (χ1) is 9.58. The number of rotatable bonds is 9. The highest BCUT2D eigenvalue weighted by Crippen LogP contribution is 2.11. The zero-order valence-electron chi connectivity index (χ0n) is 11.4. The van der Waals surface area contributed by atoms with E-state index in [1.807, 2.05) is 24.3 Å². The van der Waals surface area contributed by atoms with E-state index >= 15 is 0 Å². The van der Waals surface area contributed by atoms with Gasteiger partial charge in [-0.15, -0.1) is 0 Å². The maximum Gasteiger partial charge on any atom is 0.303 e. The minimum Gasteiger partial charge on any atom is -0.481 e. The number of hydrogen-bond donors (Lipinski definition) is 2. The Labute approximate surface area is 124 Å². The van der Waals surface area contributed by atoms with Crippen LogP contribution in [0.15, 0.2) is 24.3 Å². The highest BCUT2D eigenvalue weighted by atomic mass is 35.5. The van der Waals surface area contributed by atoms with Gasteiger partial charge in [-0.25, -0.2) is 0 Å². The summed E-state index contributed by atoms with van der Waals surface area (Å²) in [6.07, 6.45) is 3.59. The minimum absolute atomic E-state index is 0.0225. The summed E-state index contributed by atoms with van der Waals surface area (Å²) in [7, 11) is 0. The molecule has 1 aromatic carbocycles. The van der Waals surface area contributed by atoms with Crippen LogP contribution in [0.5, 0.6) is 0 Å². The number of carbonyl (C=O) groups is 2. The Kier molecular flexibility index (Phi) is 7.73. The summed E-state index contributed by atoms with van der Waals surface area (Å²) in [5.74, 6) is -0.770. The standard InChI is InChI=1S/C15H20ClNO3/c16-13-9-7-12(8-10-13)4-3-5-14(18)17-11-2-1-6-15(19)20/h7-10H,1-6,11H2,(H,17,18)(H,19,20). The van der Waals surface area contributed by atoms with E-state index in [1.165, 1.54) is 5.56 Å². The average molecular weight is 298 g/mol. The third-order valence-electron chi connectivity index (χ3n) is 2.92. The SMILES string of the molecule is O=C(O)CCCCNC(=O)CCCc1ccc(Cl)cc1. The van der Waals surface area contributed by atoms with Crippen molar-refractivity contribution in [2.75, 3.05) is 6.54 Å². The van der Waals surface area contributed by atoms with E-state index in [9.17, 15) is 9.59 Å². The second kappa shape index (κ2) is 9.37. The van der Waals surface area contributed by atoms with Crippen LogP contribution in [0.1, 0.15) is 37.7 Å². The molecule has 4 nitrogen and oxygen atoms in total. The molecular formula is C15H20ClNO3. The van der Waals surface area contributed by atoms with Gasteiger partial charge < -0.3 is 10.4 Å². The molecule has 0 aliphatic heterocycles. The first-order valence-corrected chi connectivity index (χ1v) is 7.18. The van der Waals surface area contributed by atoms with Crippen molar-refractivity contribution in [3.05, 3.63) is 34.9 Å². The lowest BCUT2D eigenvalue weighted by molar-refractivity contribution is -0.137. The summed E-state index contributed by atoms with van der Waals surface area (Å²) in [5.41, 5.74) is 1.17. The lowest BCUT2D eigenvalue weighted by atomic mass is 10.1. The highest BCUT2D eigenvalue weighted by molar-refractivity contribution is 6.30. The predicted molar refractivity (Wildman–Crippen MR) is 78.9 cm³/mol. The van der Waals surface area contributed by atoms with Crippen molar-refractivity contribution in [3.8, 4) is 0 Å². The lowest BCUT2D eigenvalue weighted by Gasteiger charge is -2.05. The molecule has 0 spiro atoms. The molecule has 0 aliphatic carbocycles. The summed E-state index contributed by atoms with van der Waals surface area (Å²) in [6, 6.07) is 7.62. The molecule has 1 rings (SSSR count). The highest BCUT2D eigenvalue weighted by Gasteiger charge is 2.02. The molecule has 0 radical (unpaired) electrons. The molecule has 0 bridgehead atoms. The van der Waals surface area contributed by atoms with Crippen LogP contribution in [0.3, 0.4) is 0 Å². The monoisotopic (exact) mass is 297 g/mol. The minimum atomic E-state index is -0.792. The van der Waals surface area contributed by atoms with Gasteiger partial charge in [0.15, 0.2) is 0 Å². The Morgan fingerprint density at radius 3 is 2.40 bits per heavy atom. The van der Waals surface area contributed by atoms with Crippen molar-refractivity contribution >= 4 is 23.5 Å². The van der Waals surface area contributed by atoms with Gasteiger partial charge in [-0.05, 0) is 43.4 Å². The second-order valence-corrected chi connectivity index (χ2v) is 5.12. The van der Waals surface area contributed by atoms with Crippen molar-refractivity contribution in [3.63, 3.8) is 0 Å². The smallest absolute Gasteiger partial charge is 0.303 e. The molecule has 0 unspecified atom stereocenters. The van der Waals surface area contributed by atoms with Crippen molar-refractivity contribution in [1.82, 2.24) is 5.32 Å². The van der Waals surface area contributed by atoms with E-state index < -0.39 is 5.97 Å². The molecular weight excluding hydrogens is 278 g/mol. The van der Waals surface area contributed by atoms with Crippen LogP contribution in [0.2, 0.25) is 5.02 Å². The van der Waals surface area contributed by atoms with Gasteiger partial charge in [-0.2, -0.15) is 0 Å². The third-order valence-corrected chi connectivity index (χ3v) is 3.17. The van der Waals surface area contributed by atoms with Crippen molar-refractivity contribution in [1.29, 1.82) is 0 Å². The van der Waals surface area contributed by atoms with Gasteiger partial charge in [0.2, 0.25) is 5.91 Å². The quantitative estimate of drug-likeness (QED) is 0.689. The largest absolute Gasteiger partial charge is 0.481 e. The summed E-state index contributed by atoms with van der Waals surface area (Å²) >= 11 is 5.80. The van der Waals surface area contributed by atoms with Gasteiger partial charge in [0.1, 0.15) is 0 Å². The van der Waals surface area contributed by atoms with Crippen LogP contribution < -0.4 is 5.32 Å². The van der Waals surface area contributed by atoms with Crippen molar-refractivity contribution < 1.29 is 14.7 Å². The molecule has 0 aliphatic rings. The van der Waals surface area contributed by atoms with Crippen LogP contribution in [-0.4, -0.2) is 23.5 Å². The Morgan fingerprint density at radius 1 is 1.05 bits per heavy atom. The van der Waals surface area contributed by atoms with Gasteiger partial charge in [-0.3, -0.25) is 9.59 Å². The topological polar surface area (TPSA) is 66.4 Å². The molecule has 0 atom stereocenters. The lowest BCUT2D eigenvalue weighted by Crippen LogP contribution is -2.24. The van der Waals surface area contributed by atoms with Gasteiger partial charge in [0.05, 0.1) is 0 Å². The molecule has 0 heterocycles. The predicted octanol–water partition coefficient (Wildman–Crippen LogP) is 3.03. The first kappa shape index (κ1) is 16.5. The van der Waals surface area contributed by atoms with E-state index in [0.717, 1.165) is 12.8 Å². The fourth-order valence-corrected chi connectivity index (χ4v) is 1.95. The number of nitrogens with one attached hydrogen (secondary N) is 1. The van der Waals surface area contributed by atoms with Gasteiger partial charge in [-0.1, -0.05) is 23.7 Å². The van der Waals surface area contributed by atoms with E-state index in [2.05, 4.69) is 5.32 Å². The van der Waals surface area contributed by atoms with Crippen LogP contribution in [0.25, 0.3) is 0 Å². The Hall–Kier alpha value is -1.55. The van der Waals surface area contributed by atoms with Crippen LogP contribution in [0.4, 0.5) is 0 Å². The maximum atomic E-state index is 11.5. The fourth-order valence-electron chi connectivity index (χ4n) is 1.82. The van der Waals surface area contributed by atoms with E-state index in [4.69, 9.17) is 16.7 Å². The zero-order valence-corrected chi connectivity index (χ0v) is 12.2. The number of unbranched alkanes of at least 4 members (excludes halogenated alkanes) is 1. The molecule has 1 aromatic rings. The molecule has 2 N–H and O–H groups in total. The number of carboxylic acids is 1. The Balaban J connectivity index is 2.05. The van der Waals surface area contributed by atoms with Crippen molar-refractivity contribution in [2.45, 2.75) is 38.5 Å². The zero-order chi connectivity index (χ0) is 14.8. The number of aryl methyl sites for hydroxylation is 1. The van der Waals surface area contributed by atoms with E-state index in [-0.39, 0.29) is 12.3 Å². The Bertz CT molecular complexity index is 431. The number of aliphatic carboxylic acids is 1. The number of carboxylic acid groups (broad SMARTS) is 1. The number of amides is 1. The molecule has 0 saturated carbocycles. The number of carbonyl (C=O) groups excluding carboxylic acids is 1.